The first-order valence-electron chi connectivity index (χ1n) is 16.5. The van der Waals surface area contributed by atoms with Crippen molar-refractivity contribution in [3.63, 3.8) is 0 Å². The van der Waals surface area contributed by atoms with Gasteiger partial charge in [0, 0.05) is 34.8 Å². The van der Waals surface area contributed by atoms with Crippen LogP contribution < -0.4 is 0 Å². The predicted octanol–water partition coefficient (Wildman–Crippen LogP) is 10.2. The molecule has 0 bridgehead atoms. The first-order valence-corrected chi connectivity index (χ1v) is 16.5. The van der Waals surface area contributed by atoms with Gasteiger partial charge < -0.3 is 8.80 Å². The van der Waals surface area contributed by atoms with Crippen molar-refractivity contribution >= 4 is 54.6 Å². The molecule has 0 spiro atoms. The zero-order valence-corrected chi connectivity index (χ0v) is 30.3. The number of fused-ring (bicyclic) bond motifs is 12. The minimum Gasteiger partial charge on any atom is -0.340 e. The van der Waals surface area contributed by atoms with Gasteiger partial charge in [-0.25, -0.2) is 0 Å². The number of hydrogen-bond donors (Lipinski definition) is 0. The average molecular weight is 796 g/mol. The molecule has 238 valence electrons. The van der Waals surface area contributed by atoms with Crippen LogP contribution in [0.15, 0.2) is 85.2 Å². The smallest absolute Gasteiger partial charge is 0.340 e. The van der Waals surface area contributed by atoms with Crippen molar-refractivity contribution in [1.29, 1.82) is 0 Å². The van der Waals surface area contributed by atoms with Gasteiger partial charge in [-0.05, 0) is 70.5 Å². The molecule has 0 atom stereocenters. The molecule has 0 saturated heterocycles. The van der Waals surface area contributed by atoms with Crippen molar-refractivity contribution < 1.29 is 21.1 Å². The van der Waals surface area contributed by atoms with Crippen molar-refractivity contribution in [1.82, 2.24) is 18.8 Å². The third-order valence-corrected chi connectivity index (χ3v) is 9.00. The quantitative estimate of drug-likeness (QED) is 0.129. The molecular weight excluding hydrogens is 756 g/mol. The Kier molecular flexibility index (Phi) is 7.79. The molecule has 8 aromatic rings. The van der Waals surface area contributed by atoms with E-state index in [4.69, 9.17) is 9.97 Å². The molecular formula is C42H40N4Pt. The van der Waals surface area contributed by atoms with E-state index in [1.165, 1.54) is 43.7 Å². The minimum absolute atomic E-state index is 0. The second-order valence-corrected chi connectivity index (χ2v) is 15.4. The fourth-order valence-electron chi connectivity index (χ4n) is 7.23. The van der Waals surface area contributed by atoms with Crippen LogP contribution in [0.25, 0.3) is 54.6 Å². The van der Waals surface area contributed by atoms with Crippen LogP contribution in [0.1, 0.15) is 64.1 Å². The van der Waals surface area contributed by atoms with Gasteiger partial charge in [0.1, 0.15) is 0 Å². The van der Waals surface area contributed by atoms with E-state index in [0.717, 1.165) is 59.1 Å². The Hall–Kier alpha value is -4.01. The molecule has 0 N–H and O–H groups in total. The molecule has 8 rings (SSSR count). The molecule has 4 aromatic heterocycles. The molecule has 4 aromatic carbocycles. The van der Waals surface area contributed by atoms with Crippen LogP contribution in [-0.2, 0) is 46.7 Å². The molecule has 0 aliphatic rings. The fraction of sp³-hybridized carbons (Fsp3) is 0.286. The van der Waals surface area contributed by atoms with Gasteiger partial charge >= 0.3 is 21.1 Å². The van der Waals surface area contributed by atoms with Crippen molar-refractivity contribution in [2.75, 3.05) is 0 Å². The summed E-state index contributed by atoms with van der Waals surface area (Å²) >= 11 is 0. The van der Waals surface area contributed by atoms with Crippen LogP contribution in [0.3, 0.4) is 0 Å². The Labute approximate surface area is 291 Å². The van der Waals surface area contributed by atoms with Crippen LogP contribution in [0.4, 0.5) is 0 Å². The molecule has 0 saturated carbocycles. The summed E-state index contributed by atoms with van der Waals surface area (Å²) in [4.78, 5) is 10.3. The van der Waals surface area contributed by atoms with E-state index in [0.29, 0.717) is 0 Å². The van der Waals surface area contributed by atoms with Crippen LogP contribution in [0, 0.1) is 23.0 Å². The predicted molar refractivity (Wildman–Crippen MR) is 192 cm³/mol. The summed E-state index contributed by atoms with van der Waals surface area (Å²) in [6.07, 6.45) is 8.11. The maximum absolute atomic E-state index is 5.17. The molecule has 4 heterocycles. The van der Waals surface area contributed by atoms with Crippen LogP contribution in [0.5, 0.6) is 0 Å². The van der Waals surface area contributed by atoms with Crippen LogP contribution in [-0.4, -0.2) is 18.8 Å². The first-order chi connectivity index (χ1) is 22.0. The maximum atomic E-state index is 5.17. The molecule has 0 fully saturated rings. The van der Waals surface area contributed by atoms with E-state index >= 15 is 0 Å². The molecule has 0 radical (unpaired) electrons. The van der Waals surface area contributed by atoms with E-state index in [1.807, 2.05) is 12.1 Å². The van der Waals surface area contributed by atoms with Crippen molar-refractivity contribution in [3.8, 4) is 0 Å². The van der Waals surface area contributed by atoms with Crippen molar-refractivity contribution in [3.05, 3.63) is 120 Å². The van der Waals surface area contributed by atoms with Crippen molar-refractivity contribution in [2.45, 2.75) is 67.2 Å². The van der Waals surface area contributed by atoms with E-state index in [9.17, 15) is 0 Å². The number of aromatic nitrogens is 4. The summed E-state index contributed by atoms with van der Waals surface area (Å²) in [5, 5.41) is 7.07. The molecule has 5 heteroatoms. The number of hydrogen-bond acceptors (Lipinski definition) is 2. The largest absolute Gasteiger partial charge is 2.00 e. The van der Waals surface area contributed by atoms with Crippen LogP contribution in [0.2, 0.25) is 0 Å². The number of benzene rings is 4. The summed E-state index contributed by atoms with van der Waals surface area (Å²) in [5.41, 5.74) is 9.61. The summed E-state index contributed by atoms with van der Waals surface area (Å²) < 4.78 is 4.53. The standard InChI is InChI=1S/C42H40N4.Pt/c1-41(2,3)23-27-15-19-37-35(21-27)31-11-7-9-13-33(31)39-43-29(25-45(37)39)17-18-30-26-46-38-20-16-28(24-42(4,5)6)22-36(38)32-12-8-10-14-34(32)40(46)44-30;/h7-12,15-16,19-22,25-26H,17-18,23-24H2,1-6H3;/q-2;+2. The molecule has 0 unspecified atom stereocenters. The Morgan fingerprint density at radius 1 is 0.574 bits per heavy atom. The molecule has 0 amide bonds. The monoisotopic (exact) mass is 795 g/mol. The van der Waals surface area contributed by atoms with E-state index in [-0.39, 0.29) is 31.9 Å². The Balaban J connectivity index is 0.00000351. The average Bonchev–Trinajstić information content (AvgIpc) is 3.64. The van der Waals surface area contributed by atoms with Gasteiger partial charge in [-0.3, -0.25) is 9.97 Å². The van der Waals surface area contributed by atoms with Gasteiger partial charge in [-0.1, -0.05) is 76.6 Å². The topological polar surface area (TPSA) is 34.6 Å². The van der Waals surface area contributed by atoms with Gasteiger partial charge in [0.15, 0.2) is 0 Å². The second-order valence-electron chi connectivity index (χ2n) is 15.4. The van der Waals surface area contributed by atoms with Gasteiger partial charge in [0.2, 0.25) is 0 Å². The SMILES string of the molecule is CC(C)(C)Cc1ccc2c(c1)c1ccc[c-]c1c1nc(CCc3cn4c5ccc(CC(C)(C)C)cc5c5ccc[c-]c5c4n3)cn21.[Pt+2]. The summed E-state index contributed by atoms with van der Waals surface area (Å²) in [5.74, 6) is 0. The van der Waals surface area contributed by atoms with Crippen molar-refractivity contribution in [2.24, 2.45) is 10.8 Å². The first kappa shape index (κ1) is 31.6. The van der Waals surface area contributed by atoms with Crippen LogP contribution >= 0.6 is 0 Å². The summed E-state index contributed by atoms with van der Waals surface area (Å²) in [6, 6.07) is 33.4. The van der Waals surface area contributed by atoms with Gasteiger partial charge in [0.25, 0.3) is 0 Å². The normalized spacial score (nSPS) is 12.6. The summed E-state index contributed by atoms with van der Waals surface area (Å²) in [7, 11) is 0. The number of nitrogens with zero attached hydrogens (tertiary/aromatic N) is 4. The maximum Gasteiger partial charge on any atom is 2.00 e. The van der Waals surface area contributed by atoms with E-state index in [2.05, 4.69) is 136 Å². The number of pyridine rings is 2. The Bertz CT molecular complexity index is 2280. The molecule has 47 heavy (non-hydrogen) atoms. The third kappa shape index (κ3) is 5.87. The van der Waals surface area contributed by atoms with Gasteiger partial charge in [0.05, 0.1) is 11.3 Å². The van der Waals surface area contributed by atoms with E-state index < -0.39 is 0 Å². The third-order valence-electron chi connectivity index (χ3n) is 9.00. The summed E-state index contributed by atoms with van der Waals surface area (Å²) in [6.45, 7) is 13.8. The second kappa shape index (κ2) is 11.6. The van der Waals surface area contributed by atoms with E-state index in [1.54, 1.807) is 0 Å². The number of imidazole rings is 2. The molecule has 4 nitrogen and oxygen atoms in total. The number of aryl methyl sites for hydroxylation is 2. The molecule has 0 aliphatic heterocycles. The zero-order chi connectivity index (χ0) is 31.8. The van der Waals surface area contributed by atoms with Gasteiger partial charge in [-0.15, -0.1) is 59.3 Å². The molecule has 0 aliphatic carbocycles. The van der Waals surface area contributed by atoms with Gasteiger partial charge in [-0.2, -0.15) is 0 Å². The fourth-order valence-corrected chi connectivity index (χ4v) is 7.23. The minimum atomic E-state index is 0. The Morgan fingerprint density at radius 3 is 1.40 bits per heavy atom. The number of rotatable bonds is 5. The Morgan fingerprint density at radius 2 is 1.00 bits per heavy atom. The zero-order valence-electron chi connectivity index (χ0n) is 28.0.